The number of para-hydroxylation sites is 1. The highest BCUT2D eigenvalue weighted by atomic mass is 16.5. The molecule has 0 aliphatic carbocycles. The fourth-order valence-electron chi connectivity index (χ4n) is 3.48. The maximum atomic E-state index is 13.3. The van der Waals surface area contributed by atoms with Gasteiger partial charge in [-0.2, -0.15) is 0 Å². The fraction of sp³-hybridized carbons (Fsp3) is 0.389. The summed E-state index contributed by atoms with van der Waals surface area (Å²) in [5, 5.41) is 0. The summed E-state index contributed by atoms with van der Waals surface area (Å²) in [6, 6.07) is 5.48. The first-order chi connectivity index (χ1) is 12.1. The molecule has 0 bridgehead atoms. The van der Waals surface area contributed by atoms with Gasteiger partial charge in [-0.15, -0.1) is 0 Å². The van der Waals surface area contributed by atoms with Gasteiger partial charge in [0.25, 0.3) is 5.91 Å². The molecule has 2 atom stereocenters. The Morgan fingerprint density at radius 3 is 2.92 bits per heavy atom. The highest BCUT2D eigenvalue weighted by Crippen LogP contribution is 2.34. The topological polar surface area (TPSA) is 86.9 Å². The zero-order chi connectivity index (χ0) is 17.6. The second-order valence-electron chi connectivity index (χ2n) is 6.50. The number of aromatic nitrogens is 4. The van der Waals surface area contributed by atoms with Crippen molar-refractivity contribution in [3.63, 3.8) is 0 Å². The number of carbonyl (C=O) groups is 1. The van der Waals surface area contributed by atoms with Crippen LogP contribution in [0.3, 0.4) is 0 Å². The number of H-pyrrole nitrogens is 2. The summed E-state index contributed by atoms with van der Waals surface area (Å²) in [7, 11) is 1.68. The number of hydrogen-bond acceptors (Lipinski definition) is 4. The van der Waals surface area contributed by atoms with Gasteiger partial charge < -0.3 is 19.6 Å². The van der Waals surface area contributed by atoms with Gasteiger partial charge >= 0.3 is 0 Å². The maximum Gasteiger partial charge on any atom is 0.256 e. The third kappa shape index (κ3) is 2.60. The SMILES string of the molecule is CO[C@@H]1C[C@@H](c2nc(C)c(C)[nH]2)N(C(=O)c2cccc3[nH]cnc23)C1. The Balaban J connectivity index is 1.73. The van der Waals surface area contributed by atoms with Crippen LogP contribution in [0, 0.1) is 13.8 Å². The molecule has 2 N–H and O–H groups in total. The fourth-order valence-corrected chi connectivity index (χ4v) is 3.48. The van der Waals surface area contributed by atoms with Crippen LogP contribution in [0.2, 0.25) is 0 Å². The molecule has 1 aliphatic heterocycles. The van der Waals surface area contributed by atoms with Crippen LogP contribution in [0.15, 0.2) is 24.5 Å². The van der Waals surface area contributed by atoms with Crippen molar-refractivity contribution >= 4 is 16.9 Å². The Hall–Kier alpha value is -2.67. The van der Waals surface area contributed by atoms with Crippen molar-refractivity contribution in [2.45, 2.75) is 32.4 Å². The number of fused-ring (bicyclic) bond motifs is 1. The third-order valence-electron chi connectivity index (χ3n) is 5.00. The number of nitrogens with zero attached hydrogens (tertiary/aromatic N) is 3. The second-order valence-corrected chi connectivity index (χ2v) is 6.50. The summed E-state index contributed by atoms with van der Waals surface area (Å²) in [5.74, 6) is 0.769. The lowest BCUT2D eigenvalue weighted by Gasteiger charge is -2.23. The van der Waals surface area contributed by atoms with E-state index in [0.717, 1.165) is 29.1 Å². The first-order valence-electron chi connectivity index (χ1n) is 8.37. The lowest BCUT2D eigenvalue weighted by molar-refractivity contribution is 0.0686. The molecule has 4 rings (SSSR count). The number of imidazole rings is 2. The number of rotatable bonds is 3. The number of hydrogen-bond donors (Lipinski definition) is 2. The number of aromatic amines is 2. The molecule has 2 aromatic heterocycles. The van der Waals surface area contributed by atoms with E-state index in [-0.39, 0.29) is 18.1 Å². The van der Waals surface area contributed by atoms with Crippen molar-refractivity contribution in [1.29, 1.82) is 0 Å². The molecule has 0 spiro atoms. The molecule has 1 fully saturated rings. The van der Waals surface area contributed by atoms with E-state index in [1.807, 2.05) is 36.9 Å². The number of nitrogens with one attached hydrogen (secondary N) is 2. The lowest BCUT2D eigenvalue weighted by Crippen LogP contribution is -2.32. The average molecular weight is 339 g/mol. The predicted octanol–water partition coefficient (Wildman–Crippen LogP) is 2.51. The van der Waals surface area contributed by atoms with Crippen LogP contribution in [0.5, 0.6) is 0 Å². The number of methoxy groups -OCH3 is 1. The van der Waals surface area contributed by atoms with Gasteiger partial charge in [-0.25, -0.2) is 9.97 Å². The van der Waals surface area contributed by atoms with Gasteiger partial charge in [-0.3, -0.25) is 4.79 Å². The quantitative estimate of drug-likeness (QED) is 0.767. The van der Waals surface area contributed by atoms with Crippen molar-refractivity contribution in [3.05, 3.63) is 47.3 Å². The van der Waals surface area contributed by atoms with E-state index < -0.39 is 0 Å². The van der Waals surface area contributed by atoms with Crippen LogP contribution in [0.25, 0.3) is 11.0 Å². The van der Waals surface area contributed by atoms with Gasteiger partial charge in [0.15, 0.2) is 0 Å². The Morgan fingerprint density at radius 2 is 2.20 bits per heavy atom. The van der Waals surface area contributed by atoms with Gasteiger partial charge in [0.05, 0.1) is 35.2 Å². The summed E-state index contributed by atoms with van der Waals surface area (Å²) in [6.07, 6.45) is 2.34. The van der Waals surface area contributed by atoms with E-state index in [2.05, 4.69) is 19.9 Å². The number of benzene rings is 1. The molecule has 0 saturated carbocycles. The molecule has 1 amide bonds. The largest absolute Gasteiger partial charge is 0.380 e. The van der Waals surface area contributed by atoms with E-state index >= 15 is 0 Å². The van der Waals surface area contributed by atoms with E-state index in [4.69, 9.17) is 4.74 Å². The van der Waals surface area contributed by atoms with Gasteiger partial charge in [0.2, 0.25) is 0 Å². The molecule has 1 saturated heterocycles. The van der Waals surface area contributed by atoms with Crippen LogP contribution in [0.1, 0.15) is 40.0 Å². The van der Waals surface area contributed by atoms with Gasteiger partial charge in [0.1, 0.15) is 11.3 Å². The van der Waals surface area contributed by atoms with Crippen molar-refractivity contribution in [2.75, 3.05) is 13.7 Å². The van der Waals surface area contributed by atoms with Crippen LogP contribution < -0.4 is 0 Å². The smallest absolute Gasteiger partial charge is 0.256 e. The number of amides is 1. The molecule has 1 aliphatic rings. The maximum absolute atomic E-state index is 13.3. The molecule has 3 heterocycles. The van der Waals surface area contributed by atoms with E-state index in [1.54, 1.807) is 13.4 Å². The number of carbonyl (C=O) groups excluding carboxylic acids is 1. The zero-order valence-corrected chi connectivity index (χ0v) is 14.5. The van der Waals surface area contributed by atoms with Crippen molar-refractivity contribution < 1.29 is 9.53 Å². The number of ether oxygens (including phenoxy) is 1. The minimum Gasteiger partial charge on any atom is -0.380 e. The monoisotopic (exact) mass is 339 g/mol. The summed E-state index contributed by atoms with van der Waals surface area (Å²) >= 11 is 0. The highest BCUT2D eigenvalue weighted by molar-refractivity contribution is 6.05. The lowest BCUT2D eigenvalue weighted by atomic mass is 10.1. The predicted molar refractivity (Wildman–Crippen MR) is 93.3 cm³/mol. The zero-order valence-electron chi connectivity index (χ0n) is 14.5. The van der Waals surface area contributed by atoms with Crippen LogP contribution >= 0.6 is 0 Å². The number of likely N-dealkylation sites (tertiary alicyclic amines) is 1. The summed E-state index contributed by atoms with van der Waals surface area (Å²) in [5.41, 5.74) is 4.13. The molecule has 25 heavy (non-hydrogen) atoms. The van der Waals surface area contributed by atoms with E-state index in [9.17, 15) is 4.79 Å². The van der Waals surface area contributed by atoms with Crippen molar-refractivity contribution in [1.82, 2.24) is 24.8 Å². The van der Waals surface area contributed by atoms with Crippen molar-refractivity contribution in [3.8, 4) is 0 Å². The molecule has 7 heteroatoms. The normalized spacial score (nSPS) is 20.5. The molecular weight excluding hydrogens is 318 g/mol. The molecule has 130 valence electrons. The molecule has 0 radical (unpaired) electrons. The Bertz CT molecular complexity index is 909. The Labute approximate surface area is 145 Å². The van der Waals surface area contributed by atoms with E-state index in [1.165, 1.54) is 0 Å². The summed E-state index contributed by atoms with van der Waals surface area (Å²) < 4.78 is 5.53. The minimum absolute atomic E-state index is 0.00181. The standard InChI is InChI=1S/C18H21N5O2/c1-10-11(2)22-17(21-10)15-7-12(25-3)8-23(15)18(24)13-5-4-6-14-16(13)20-9-19-14/h4-6,9,12,15H,7-8H2,1-3H3,(H,19,20)(H,21,22)/t12-,15+/m1/s1. The van der Waals surface area contributed by atoms with Crippen LogP contribution in [-0.2, 0) is 4.74 Å². The molecule has 3 aromatic rings. The van der Waals surface area contributed by atoms with Gasteiger partial charge in [-0.05, 0) is 26.0 Å². The molecule has 7 nitrogen and oxygen atoms in total. The van der Waals surface area contributed by atoms with E-state index in [0.29, 0.717) is 17.6 Å². The molecule has 0 unspecified atom stereocenters. The summed E-state index contributed by atoms with van der Waals surface area (Å²) in [4.78, 5) is 30.4. The molecule has 1 aromatic carbocycles. The Kier molecular flexibility index (Phi) is 3.80. The highest BCUT2D eigenvalue weighted by Gasteiger charge is 2.39. The Morgan fingerprint density at radius 1 is 1.36 bits per heavy atom. The average Bonchev–Trinajstić information content (AvgIpc) is 3.32. The van der Waals surface area contributed by atoms with Crippen LogP contribution in [0.4, 0.5) is 0 Å². The second kappa shape index (κ2) is 6.00. The minimum atomic E-state index is -0.126. The molecular formula is C18H21N5O2. The van der Waals surface area contributed by atoms with Gasteiger partial charge in [0, 0.05) is 25.8 Å². The summed E-state index contributed by atoms with van der Waals surface area (Å²) in [6.45, 7) is 4.50. The van der Waals surface area contributed by atoms with Crippen LogP contribution in [-0.4, -0.2) is 50.5 Å². The first kappa shape index (κ1) is 15.8. The third-order valence-corrected chi connectivity index (χ3v) is 5.00. The van der Waals surface area contributed by atoms with Gasteiger partial charge in [-0.1, -0.05) is 6.07 Å². The number of aryl methyl sites for hydroxylation is 2. The van der Waals surface area contributed by atoms with Crippen molar-refractivity contribution in [2.24, 2.45) is 0 Å². The first-order valence-corrected chi connectivity index (χ1v) is 8.37.